The summed E-state index contributed by atoms with van der Waals surface area (Å²) in [5, 5.41) is 10.4. The van der Waals surface area contributed by atoms with Gasteiger partial charge in [0, 0.05) is 0 Å². The van der Waals surface area contributed by atoms with Crippen molar-refractivity contribution in [1.82, 2.24) is 20.5 Å². The van der Waals surface area contributed by atoms with E-state index in [0.29, 0.717) is 16.7 Å². The third kappa shape index (κ3) is 4.51. The number of aryl methyl sites for hydroxylation is 1. The Bertz CT molecular complexity index is 812. The molecule has 0 fully saturated rings. The Morgan fingerprint density at radius 2 is 2.12 bits per heavy atom. The Labute approximate surface area is 150 Å². The minimum absolute atomic E-state index is 0.0372. The first kappa shape index (κ1) is 17.3. The smallest absolute Gasteiger partial charge is 0.230 e. The molecule has 0 aliphatic rings. The summed E-state index contributed by atoms with van der Waals surface area (Å²) in [4.78, 5) is 16.4. The third-order valence-electron chi connectivity index (χ3n) is 3.82. The molecule has 1 aromatic carbocycles. The van der Waals surface area contributed by atoms with Crippen LogP contribution in [0.15, 0.2) is 52.2 Å². The van der Waals surface area contributed by atoms with E-state index in [1.165, 1.54) is 17.3 Å². The van der Waals surface area contributed by atoms with Crippen molar-refractivity contribution in [2.45, 2.75) is 31.5 Å². The highest BCUT2D eigenvalue weighted by Crippen LogP contribution is 2.20. The van der Waals surface area contributed by atoms with Gasteiger partial charge >= 0.3 is 0 Å². The summed E-state index contributed by atoms with van der Waals surface area (Å²) in [6.45, 7) is 4.10. The number of carbonyl (C=O) groups excluding carboxylic acids is 1. The zero-order valence-electron chi connectivity index (χ0n) is 14.2. The van der Waals surface area contributed by atoms with Crippen LogP contribution >= 0.6 is 11.8 Å². The number of thioether (sulfide) groups is 1. The van der Waals surface area contributed by atoms with Gasteiger partial charge in [0.2, 0.25) is 11.1 Å². The number of carbonyl (C=O) groups is 1. The molecule has 0 saturated heterocycles. The first-order valence-electron chi connectivity index (χ1n) is 8.13. The molecule has 1 atom stereocenters. The lowest BCUT2D eigenvalue weighted by Crippen LogP contribution is -2.28. The van der Waals surface area contributed by atoms with Crippen LogP contribution in [-0.2, 0) is 11.2 Å². The van der Waals surface area contributed by atoms with E-state index in [9.17, 15) is 4.79 Å². The first-order valence-corrected chi connectivity index (χ1v) is 9.11. The molecule has 6 nitrogen and oxygen atoms in total. The molecular formula is C18H20N4O2S. The lowest BCUT2D eigenvalue weighted by atomic mass is 10.1. The molecule has 0 radical (unpaired) electrons. The van der Waals surface area contributed by atoms with Crippen LogP contribution < -0.4 is 5.32 Å². The average Bonchev–Trinajstić information content (AvgIpc) is 3.31. The van der Waals surface area contributed by atoms with Gasteiger partial charge in [-0.3, -0.25) is 9.89 Å². The monoisotopic (exact) mass is 356 g/mol. The van der Waals surface area contributed by atoms with Crippen LogP contribution in [0.3, 0.4) is 0 Å². The van der Waals surface area contributed by atoms with E-state index in [1.807, 2.05) is 6.92 Å². The second-order valence-corrected chi connectivity index (χ2v) is 6.56. The number of H-pyrrole nitrogens is 1. The van der Waals surface area contributed by atoms with Gasteiger partial charge in [-0.1, -0.05) is 43.0 Å². The molecule has 1 amide bonds. The van der Waals surface area contributed by atoms with Gasteiger partial charge in [0.25, 0.3) is 0 Å². The lowest BCUT2D eigenvalue weighted by molar-refractivity contribution is -0.119. The average molecular weight is 356 g/mol. The van der Waals surface area contributed by atoms with E-state index in [-0.39, 0.29) is 17.7 Å². The molecule has 2 N–H and O–H groups in total. The Morgan fingerprint density at radius 1 is 1.32 bits per heavy atom. The SMILES string of the molecule is CCc1ccc([C@H](C)NC(=O)CSc2n[nH]c(-c3ccco3)n2)cc1. The largest absolute Gasteiger partial charge is 0.461 e. The standard InChI is InChI=1S/C18H20N4O2S/c1-3-13-6-8-14(9-7-13)12(2)19-16(23)11-25-18-20-17(21-22-18)15-5-4-10-24-15/h4-10,12H,3,11H2,1-2H3,(H,19,23)(H,20,21,22)/t12-/m0/s1. The third-order valence-corrected chi connectivity index (χ3v) is 4.66. The van der Waals surface area contributed by atoms with Crippen molar-refractivity contribution < 1.29 is 9.21 Å². The summed E-state index contributed by atoms with van der Waals surface area (Å²) < 4.78 is 5.25. The summed E-state index contributed by atoms with van der Waals surface area (Å²) in [7, 11) is 0. The summed E-state index contributed by atoms with van der Waals surface area (Å²) in [6.07, 6.45) is 2.58. The summed E-state index contributed by atoms with van der Waals surface area (Å²) >= 11 is 1.28. The van der Waals surface area contributed by atoms with Gasteiger partial charge in [-0.15, -0.1) is 5.10 Å². The van der Waals surface area contributed by atoms with Gasteiger partial charge in [-0.2, -0.15) is 4.98 Å². The van der Waals surface area contributed by atoms with Gasteiger partial charge < -0.3 is 9.73 Å². The lowest BCUT2D eigenvalue weighted by Gasteiger charge is -2.14. The molecule has 2 heterocycles. The number of furan rings is 1. The molecular weight excluding hydrogens is 336 g/mol. The van der Waals surface area contributed by atoms with Crippen molar-refractivity contribution >= 4 is 17.7 Å². The normalized spacial score (nSPS) is 12.1. The highest BCUT2D eigenvalue weighted by atomic mass is 32.2. The van der Waals surface area contributed by atoms with Crippen LogP contribution in [-0.4, -0.2) is 26.8 Å². The molecule has 3 aromatic rings. The van der Waals surface area contributed by atoms with E-state index in [4.69, 9.17) is 4.42 Å². The fourth-order valence-electron chi connectivity index (χ4n) is 2.37. The number of rotatable bonds is 7. The van der Waals surface area contributed by atoms with Gasteiger partial charge in [0.1, 0.15) is 0 Å². The fraction of sp³-hybridized carbons (Fsp3) is 0.278. The van der Waals surface area contributed by atoms with Gasteiger partial charge in [0.15, 0.2) is 11.6 Å². The van der Waals surface area contributed by atoms with Crippen molar-refractivity contribution in [3.05, 3.63) is 53.8 Å². The minimum atomic E-state index is -0.0542. The van der Waals surface area contributed by atoms with Crippen molar-refractivity contribution in [3.8, 4) is 11.6 Å². The van der Waals surface area contributed by atoms with Crippen LogP contribution in [0, 0.1) is 0 Å². The van der Waals surface area contributed by atoms with Gasteiger partial charge in [-0.05, 0) is 36.6 Å². The maximum Gasteiger partial charge on any atom is 0.230 e. The summed E-state index contributed by atoms with van der Waals surface area (Å²) in [5.74, 6) is 1.37. The maximum atomic E-state index is 12.1. The van der Waals surface area contributed by atoms with Crippen LogP contribution in [0.2, 0.25) is 0 Å². The maximum absolute atomic E-state index is 12.1. The molecule has 7 heteroatoms. The predicted molar refractivity (Wildman–Crippen MR) is 97.2 cm³/mol. The summed E-state index contributed by atoms with van der Waals surface area (Å²) in [5.41, 5.74) is 2.38. The summed E-state index contributed by atoms with van der Waals surface area (Å²) in [6, 6.07) is 11.8. The topological polar surface area (TPSA) is 83.8 Å². The number of nitrogens with one attached hydrogen (secondary N) is 2. The second kappa shape index (κ2) is 8.02. The van der Waals surface area contributed by atoms with Gasteiger partial charge in [0.05, 0.1) is 18.1 Å². The quantitative estimate of drug-likeness (QED) is 0.632. The van der Waals surface area contributed by atoms with Crippen LogP contribution in [0.25, 0.3) is 11.6 Å². The van der Waals surface area contributed by atoms with Crippen molar-refractivity contribution in [3.63, 3.8) is 0 Å². The molecule has 2 aromatic heterocycles. The number of aromatic amines is 1. The van der Waals surface area contributed by atoms with Crippen LogP contribution in [0.5, 0.6) is 0 Å². The van der Waals surface area contributed by atoms with E-state index in [1.54, 1.807) is 18.4 Å². The number of hydrogen-bond donors (Lipinski definition) is 2. The van der Waals surface area contributed by atoms with Gasteiger partial charge in [-0.25, -0.2) is 0 Å². The predicted octanol–water partition coefficient (Wildman–Crippen LogP) is 3.60. The second-order valence-electron chi connectivity index (χ2n) is 5.62. The molecule has 0 aliphatic heterocycles. The Balaban J connectivity index is 1.50. The highest BCUT2D eigenvalue weighted by molar-refractivity contribution is 7.99. The molecule has 0 bridgehead atoms. The van der Waals surface area contributed by atoms with Crippen molar-refractivity contribution in [2.24, 2.45) is 0 Å². The molecule has 0 spiro atoms. The first-order chi connectivity index (χ1) is 12.2. The number of nitrogens with zero attached hydrogens (tertiary/aromatic N) is 2. The van der Waals surface area contributed by atoms with Crippen LogP contribution in [0.1, 0.15) is 31.0 Å². The molecule has 0 aliphatic carbocycles. The number of benzene rings is 1. The van der Waals surface area contributed by atoms with Crippen molar-refractivity contribution in [2.75, 3.05) is 5.75 Å². The highest BCUT2D eigenvalue weighted by Gasteiger charge is 2.13. The van der Waals surface area contributed by atoms with E-state index in [2.05, 4.69) is 51.7 Å². The zero-order chi connectivity index (χ0) is 17.6. The van der Waals surface area contributed by atoms with Crippen molar-refractivity contribution in [1.29, 1.82) is 0 Å². The minimum Gasteiger partial charge on any atom is -0.461 e. The molecule has 130 valence electrons. The molecule has 3 rings (SSSR count). The van der Waals surface area contributed by atoms with E-state index in [0.717, 1.165) is 12.0 Å². The Kier molecular flexibility index (Phi) is 5.55. The molecule has 25 heavy (non-hydrogen) atoms. The molecule has 0 unspecified atom stereocenters. The zero-order valence-corrected chi connectivity index (χ0v) is 15.0. The number of hydrogen-bond acceptors (Lipinski definition) is 5. The fourth-order valence-corrected chi connectivity index (χ4v) is 2.98. The van der Waals surface area contributed by atoms with E-state index < -0.39 is 0 Å². The van der Waals surface area contributed by atoms with E-state index >= 15 is 0 Å². The Hall–Kier alpha value is -2.54. The number of amides is 1. The molecule has 0 saturated carbocycles. The Morgan fingerprint density at radius 3 is 2.80 bits per heavy atom. The van der Waals surface area contributed by atoms with Crippen LogP contribution in [0.4, 0.5) is 0 Å². The number of aromatic nitrogens is 3.